The van der Waals surface area contributed by atoms with E-state index in [1.165, 1.54) is 12.1 Å². The Kier molecular flexibility index (Phi) is 4.95. The molecule has 4 nitrogen and oxygen atoms in total. The van der Waals surface area contributed by atoms with Crippen LogP contribution in [0.2, 0.25) is 5.02 Å². The van der Waals surface area contributed by atoms with Crippen LogP contribution in [0.4, 0.5) is 4.39 Å². The highest BCUT2D eigenvalue weighted by atomic mass is 35.5. The molecule has 6 heteroatoms. The highest BCUT2D eigenvalue weighted by molar-refractivity contribution is 6.31. The molecule has 20 heavy (non-hydrogen) atoms. The summed E-state index contributed by atoms with van der Waals surface area (Å²) >= 11 is 5.72. The molecule has 1 fully saturated rings. The Hall–Kier alpha value is -1.62. The highest BCUT2D eigenvalue weighted by Gasteiger charge is 2.18. The normalized spacial score (nSPS) is 14.4. The fraction of sp³-hybridized carbons (Fsp3) is 0.429. The van der Waals surface area contributed by atoms with E-state index < -0.39 is 11.7 Å². The van der Waals surface area contributed by atoms with Crippen LogP contribution in [0.15, 0.2) is 18.2 Å². The average Bonchev–Trinajstić information content (AvgIpc) is 2.95. The SMILES string of the molecule is O=C(NCCC(=O)N1CCCC1)c1cc(Cl)ccc1F. The molecule has 2 rings (SSSR count). The van der Waals surface area contributed by atoms with Crippen molar-refractivity contribution in [1.29, 1.82) is 0 Å². The number of carbonyl (C=O) groups excluding carboxylic acids is 2. The lowest BCUT2D eigenvalue weighted by molar-refractivity contribution is -0.129. The molecule has 0 unspecified atom stereocenters. The first kappa shape index (κ1) is 14.8. The molecule has 1 saturated heterocycles. The van der Waals surface area contributed by atoms with Gasteiger partial charge in [-0.3, -0.25) is 9.59 Å². The summed E-state index contributed by atoms with van der Waals surface area (Å²) in [5.74, 6) is -1.16. The summed E-state index contributed by atoms with van der Waals surface area (Å²) in [6.45, 7) is 1.77. The van der Waals surface area contributed by atoms with Gasteiger partial charge < -0.3 is 10.2 Å². The molecule has 1 heterocycles. The van der Waals surface area contributed by atoms with Gasteiger partial charge in [-0.25, -0.2) is 4.39 Å². The Morgan fingerprint density at radius 1 is 1.30 bits per heavy atom. The third kappa shape index (κ3) is 3.70. The zero-order valence-corrected chi connectivity index (χ0v) is 11.8. The van der Waals surface area contributed by atoms with Crippen molar-refractivity contribution in [2.45, 2.75) is 19.3 Å². The van der Waals surface area contributed by atoms with Crippen molar-refractivity contribution in [3.05, 3.63) is 34.6 Å². The van der Waals surface area contributed by atoms with Gasteiger partial charge in [-0.2, -0.15) is 0 Å². The topological polar surface area (TPSA) is 49.4 Å². The van der Waals surface area contributed by atoms with Crippen molar-refractivity contribution in [3.63, 3.8) is 0 Å². The standard InChI is InChI=1S/C14H16ClFN2O2/c15-10-3-4-12(16)11(9-10)14(20)17-6-5-13(19)18-7-1-2-8-18/h3-4,9H,1-2,5-8H2,(H,17,20). The van der Waals surface area contributed by atoms with Crippen molar-refractivity contribution in [2.24, 2.45) is 0 Å². The molecule has 108 valence electrons. The third-order valence-corrected chi connectivity index (χ3v) is 3.49. The first-order valence-corrected chi connectivity index (χ1v) is 6.97. The van der Waals surface area contributed by atoms with Gasteiger partial charge >= 0.3 is 0 Å². The smallest absolute Gasteiger partial charge is 0.254 e. The lowest BCUT2D eigenvalue weighted by Gasteiger charge is -2.15. The average molecular weight is 299 g/mol. The summed E-state index contributed by atoms with van der Waals surface area (Å²) in [5, 5.41) is 2.83. The summed E-state index contributed by atoms with van der Waals surface area (Å²) < 4.78 is 13.5. The number of nitrogens with one attached hydrogen (secondary N) is 1. The summed E-state index contributed by atoms with van der Waals surface area (Å²) in [5.41, 5.74) is -0.105. The molecule has 0 aliphatic carbocycles. The minimum Gasteiger partial charge on any atom is -0.351 e. The number of benzene rings is 1. The van der Waals surface area contributed by atoms with Crippen LogP contribution in [0.1, 0.15) is 29.6 Å². The molecule has 1 aliphatic rings. The molecule has 0 atom stereocenters. The first-order chi connectivity index (χ1) is 9.58. The van der Waals surface area contributed by atoms with E-state index in [0.717, 1.165) is 32.0 Å². The Balaban J connectivity index is 1.83. The van der Waals surface area contributed by atoms with E-state index in [-0.39, 0.29) is 24.4 Å². The highest BCUT2D eigenvalue weighted by Crippen LogP contribution is 2.14. The Morgan fingerprint density at radius 2 is 2.00 bits per heavy atom. The summed E-state index contributed by atoms with van der Waals surface area (Å²) in [6, 6.07) is 3.80. The maximum Gasteiger partial charge on any atom is 0.254 e. The number of rotatable bonds is 4. The lowest BCUT2D eigenvalue weighted by Crippen LogP contribution is -2.33. The van der Waals surface area contributed by atoms with Crippen LogP contribution in [0.5, 0.6) is 0 Å². The minimum absolute atomic E-state index is 0.0226. The van der Waals surface area contributed by atoms with Gasteiger partial charge in [0.25, 0.3) is 5.91 Å². The van der Waals surface area contributed by atoms with Crippen molar-refractivity contribution in [2.75, 3.05) is 19.6 Å². The molecule has 0 radical (unpaired) electrons. The number of carbonyl (C=O) groups is 2. The number of amides is 2. The molecule has 0 aromatic heterocycles. The van der Waals surface area contributed by atoms with Crippen LogP contribution in [0, 0.1) is 5.82 Å². The van der Waals surface area contributed by atoms with Gasteiger partial charge in [-0.1, -0.05) is 11.6 Å². The van der Waals surface area contributed by atoms with E-state index in [1.54, 1.807) is 4.90 Å². The maximum absolute atomic E-state index is 13.5. The van der Waals surface area contributed by atoms with Gasteiger partial charge in [-0.15, -0.1) is 0 Å². The molecule has 2 amide bonds. The van der Waals surface area contributed by atoms with E-state index in [2.05, 4.69) is 5.32 Å². The molecule has 1 aliphatic heterocycles. The Bertz CT molecular complexity index is 516. The summed E-state index contributed by atoms with van der Waals surface area (Å²) in [6.07, 6.45) is 2.30. The van der Waals surface area contributed by atoms with Crippen molar-refractivity contribution < 1.29 is 14.0 Å². The van der Waals surface area contributed by atoms with Crippen LogP contribution in [-0.4, -0.2) is 36.3 Å². The summed E-state index contributed by atoms with van der Waals surface area (Å²) in [7, 11) is 0. The molecule has 0 spiro atoms. The molecule has 1 N–H and O–H groups in total. The second kappa shape index (κ2) is 6.70. The molecular weight excluding hydrogens is 283 g/mol. The van der Waals surface area contributed by atoms with Crippen LogP contribution < -0.4 is 5.32 Å². The van der Waals surface area contributed by atoms with Crippen molar-refractivity contribution in [1.82, 2.24) is 10.2 Å². The van der Waals surface area contributed by atoms with Crippen LogP contribution in [0.25, 0.3) is 0 Å². The van der Waals surface area contributed by atoms with Crippen molar-refractivity contribution in [3.8, 4) is 0 Å². The quantitative estimate of drug-likeness (QED) is 0.926. The van der Waals surface area contributed by atoms with Gasteiger partial charge in [0.1, 0.15) is 5.82 Å². The maximum atomic E-state index is 13.5. The fourth-order valence-corrected chi connectivity index (χ4v) is 2.35. The van der Waals surface area contributed by atoms with Crippen LogP contribution in [-0.2, 0) is 4.79 Å². The number of hydrogen-bond acceptors (Lipinski definition) is 2. The molecule has 0 saturated carbocycles. The van der Waals surface area contributed by atoms with Crippen LogP contribution >= 0.6 is 11.6 Å². The lowest BCUT2D eigenvalue weighted by atomic mass is 10.2. The largest absolute Gasteiger partial charge is 0.351 e. The predicted octanol–water partition coefficient (Wildman–Crippen LogP) is 2.22. The minimum atomic E-state index is -0.627. The second-order valence-electron chi connectivity index (χ2n) is 4.72. The zero-order valence-electron chi connectivity index (χ0n) is 11.0. The summed E-state index contributed by atoms with van der Waals surface area (Å²) in [4.78, 5) is 25.3. The monoisotopic (exact) mass is 298 g/mol. The fourth-order valence-electron chi connectivity index (χ4n) is 2.17. The van der Waals surface area contributed by atoms with E-state index in [4.69, 9.17) is 11.6 Å². The molecular formula is C14H16ClFN2O2. The van der Waals surface area contributed by atoms with Crippen LogP contribution in [0.3, 0.4) is 0 Å². The van der Waals surface area contributed by atoms with E-state index >= 15 is 0 Å². The first-order valence-electron chi connectivity index (χ1n) is 6.59. The third-order valence-electron chi connectivity index (χ3n) is 3.26. The van der Waals surface area contributed by atoms with Gasteiger partial charge in [0.2, 0.25) is 5.91 Å². The number of halogens is 2. The van der Waals surface area contributed by atoms with E-state index in [1.807, 2.05) is 0 Å². The second-order valence-corrected chi connectivity index (χ2v) is 5.15. The number of likely N-dealkylation sites (tertiary alicyclic amines) is 1. The number of nitrogens with zero attached hydrogens (tertiary/aromatic N) is 1. The predicted molar refractivity (Wildman–Crippen MR) is 74.2 cm³/mol. The Labute approximate surface area is 121 Å². The van der Waals surface area contributed by atoms with Gasteiger partial charge in [-0.05, 0) is 31.0 Å². The van der Waals surface area contributed by atoms with Gasteiger partial charge in [0.05, 0.1) is 5.56 Å². The molecule has 1 aromatic rings. The van der Waals surface area contributed by atoms with Gasteiger partial charge in [0, 0.05) is 31.1 Å². The molecule has 1 aromatic carbocycles. The number of hydrogen-bond donors (Lipinski definition) is 1. The van der Waals surface area contributed by atoms with E-state index in [0.29, 0.717) is 5.02 Å². The van der Waals surface area contributed by atoms with E-state index in [9.17, 15) is 14.0 Å². The van der Waals surface area contributed by atoms with Gasteiger partial charge in [0.15, 0.2) is 0 Å². The zero-order chi connectivity index (χ0) is 14.5. The molecule has 0 bridgehead atoms. The van der Waals surface area contributed by atoms with Crippen molar-refractivity contribution >= 4 is 23.4 Å². The Morgan fingerprint density at radius 3 is 2.70 bits per heavy atom.